The van der Waals surface area contributed by atoms with Gasteiger partial charge in [-0.3, -0.25) is 9.79 Å². The molecule has 0 unspecified atom stereocenters. The van der Waals surface area contributed by atoms with E-state index in [4.69, 9.17) is 0 Å². The van der Waals surface area contributed by atoms with E-state index in [9.17, 15) is 4.79 Å². The van der Waals surface area contributed by atoms with Gasteiger partial charge in [0.2, 0.25) is 5.91 Å². The van der Waals surface area contributed by atoms with Crippen LogP contribution in [0.3, 0.4) is 0 Å². The normalized spacial score (nSPS) is 15.5. The molecule has 0 aliphatic heterocycles. The molecule has 0 bridgehead atoms. The second-order valence-corrected chi connectivity index (χ2v) is 5.20. The first-order valence-corrected chi connectivity index (χ1v) is 8.03. The van der Waals surface area contributed by atoms with Gasteiger partial charge in [0.25, 0.3) is 0 Å². The van der Waals surface area contributed by atoms with Crippen LogP contribution < -0.4 is 10.6 Å². The Kier molecular flexibility index (Phi) is 11.8. The van der Waals surface area contributed by atoms with Gasteiger partial charge < -0.3 is 15.5 Å². The average Bonchev–Trinajstić information content (AvgIpc) is 2.93. The van der Waals surface area contributed by atoms with E-state index in [2.05, 4.69) is 22.5 Å². The molecule has 0 aromatic rings. The molecule has 0 spiro atoms. The highest BCUT2D eigenvalue weighted by Gasteiger charge is 2.16. The smallest absolute Gasteiger partial charge is 0.224 e. The lowest BCUT2D eigenvalue weighted by Crippen LogP contribution is -2.42. The van der Waals surface area contributed by atoms with Gasteiger partial charge in [-0.15, -0.1) is 24.0 Å². The average molecular weight is 410 g/mol. The summed E-state index contributed by atoms with van der Waals surface area (Å²) < 4.78 is 0. The number of aliphatic imine (C=N–C) groups is 1. The van der Waals surface area contributed by atoms with Gasteiger partial charge in [0.05, 0.1) is 6.54 Å². The van der Waals surface area contributed by atoms with E-state index < -0.39 is 0 Å². The molecule has 124 valence electrons. The SMILES string of the molecule is CCNC(=NCCC(=O)N(CC)CC)NC1CCCC1.I. The lowest BCUT2D eigenvalue weighted by atomic mass is 10.2. The maximum atomic E-state index is 11.9. The van der Waals surface area contributed by atoms with Crippen molar-refractivity contribution in [2.24, 2.45) is 4.99 Å². The van der Waals surface area contributed by atoms with Crippen molar-refractivity contribution in [2.45, 2.75) is 58.9 Å². The van der Waals surface area contributed by atoms with Crippen LogP contribution in [0.2, 0.25) is 0 Å². The standard InChI is InChI=1S/C15H30N4O.HI/c1-4-16-15(18-13-9-7-8-10-13)17-12-11-14(20)19(5-2)6-3;/h13H,4-12H2,1-3H3,(H2,16,17,18);1H. The van der Waals surface area contributed by atoms with E-state index in [1.807, 2.05) is 18.7 Å². The van der Waals surface area contributed by atoms with Crippen LogP contribution in [-0.2, 0) is 4.79 Å². The number of rotatable bonds is 7. The Morgan fingerprint density at radius 3 is 2.33 bits per heavy atom. The molecule has 1 aliphatic rings. The molecule has 1 aliphatic carbocycles. The van der Waals surface area contributed by atoms with E-state index in [1.54, 1.807) is 0 Å². The summed E-state index contributed by atoms with van der Waals surface area (Å²) in [7, 11) is 0. The fourth-order valence-corrected chi connectivity index (χ4v) is 2.58. The summed E-state index contributed by atoms with van der Waals surface area (Å²) in [6, 6.07) is 0.547. The minimum absolute atomic E-state index is 0. The molecular formula is C15H31IN4O. The van der Waals surface area contributed by atoms with Crippen molar-refractivity contribution in [1.82, 2.24) is 15.5 Å². The second kappa shape index (κ2) is 12.1. The van der Waals surface area contributed by atoms with Gasteiger partial charge in [-0.05, 0) is 33.6 Å². The van der Waals surface area contributed by atoms with Crippen LogP contribution in [0.25, 0.3) is 0 Å². The van der Waals surface area contributed by atoms with Gasteiger partial charge in [-0.2, -0.15) is 0 Å². The van der Waals surface area contributed by atoms with Gasteiger partial charge in [0.1, 0.15) is 0 Å². The molecule has 1 amide bonds. The quantitative estimate of drug-likeness (QED) is 0.385. The number of carbonyl (C=O) groups is 1. The Bertz CT molecular complexity index is 313. The Hall–Kier alpha value is -0.530. The molecule has 0 aromatic heterocycles. The molecule has 5 nitrogen and oxygen atoms in total. The van der Waals surface area contributed by atoms with Gasteiger partial charge >= 0.3 is 0 Å². The van der Waals surface area contributed by atoms with Crippen molar-refractivity contribution >= 4 is 35.8 Å². The van der Waals surface area contributed by atoms with Crippen molar-refractivity contribution < 1.29 is 4.79 Å². The van der Waals surface area contributed by atoms with Crippen LogP contribution in [0.1, 0.15) is 52.9 Å². The molecule has 1 rings (SSSR count). The lowest BCUT2D eigenvalue weighted by Gasteiger charge is -2.19. The topological polar surface area (TPSA) is 56.7 Å². The molecule has 6 heteroatoms. The first-order valence-electron chi connectivity index (χ1n) is 8.03. The van der Waals surface area contributed by atoms with Gasteiger partial charge in [0, 0.05) is 32.1 Å². The number of amides is 1. The predicted molar refractivity (Wildman–Crippen MR) is 99.3 cm³/mol. The summed E-state index contributed by atoms with van der Waals surface area (Å²) >= 11 is 0. The molecule has 2 N–H and O–H groups in total. The van der Waals surface area contributed by atoms with Crippen LogP contribution in [0.4, 0.5) is 0 Å². The summed E-state index contributed by atoms with van der Waals surface area (Å²) in [6.07, 6.45) is 5.55. The Balaban J connectivity index is 0.00000400. The first kappa shape index (κ1) is 20.5. The first-order chi connectivity index (χ1) is 9.71. The van der Waals surface area contributed by atoms with Crippen LogP contribution in [0.15, 0.2) is 4.99 Å². The number of nitrogens with zero attached hydrogens (tertiary/aromatic N) is 2. The van der Waals surface area contributed by atoms with E-state index in [-0.39, 0.29) is 29.9 Å². The number of hydrogen-bond donors (Lipinski definition) is 2. The van der Waals surface area contributed by atoms with Crippen LogP contribution >= 0.6 is 24.0 Å². The minimum Gasteiger partial charge on any atom is -0.357 e. The summed E-state index contributed by atoms with van der Waals surface area (Å²) in [4.78, 5) is 18.3. The summed E-state index contributed by atoms with van der Waals surface area (Å²) in [5.41, 5.74) is 0. The van der Waals surface area contributed by atoms with Crippen LogP contribution in [0.5, 0.6) is 0 Å². The Morgan fingerprint density at radius 2 is 1.81 bits per heavy atom. The number of nitrogens with one attached hydrogen (secondary N) is 2. The van der Waals surface area contributed by atoms with Gasteiger partial charge in [0.15, 0.2) is 5.96 Å². The maximum Gasteiger partial charge on any atom is 0.224 e. The molecule has 0 saturated heterocycles. The van der Waals surface area contributed by atoms with Gasteiger partial charge in [-0.25, -0.2) is 0 Å². The molecule has 0 heterocycles. The van der Waals surface area contributed by atoms with Crippen molar-refractivity contribution in [1.29, 1.82) is 0 Å². The summed E-state index contributed by atoms with van der Waals surface area (Å²) in [5.74, 6) is 1.04. The Morgan fingerprint density at radius 1 is 1.19 bits per heavy atom. The monoisotopic (exact) mass is 410 g/mol. The van der Waals surface area contributed by atoms with Crippen molar-refractivity contribution in [2.75, 3.05) is 26.2 Å². The Labute approximate surface area is 146 Å². The highest BCUT2D eigenvalue weighted by molar-refractivity contribution is 14.0. The molecule has 1 fully saturated rings. The number of hydrogen-bond acceptors (Lipinski definition) is 2. The molecule has 0 aromatic carbocycles. The largest absolute Gasteiger partial charge is 0.357 e. The number of halogens is 1. The molecule has 0 atom stereocenters. The molecule has 21 heavy (non-hydrogen) atoms. The summed E-state index contributed by atoms with van der Waals surface area (Å²) in [6.45, 7) is 9.04. The van der Waals surface area contributed by atoms with E-state index in [0.29, 0.717) is 19.0 Å². The van der Waals surface area contributed by atoms with Gasteiger partial charge in [-0.1, -0.05) is 12.8 Å². The summed E-state index contributed by atoms with van der Waals surface area (Å²) in [5, 5.41) is 6.72. The van der Waals surface area contributed by atoms with E-state index in [1.165, 1.54) is 25.7 Å². The minimum atomic E-state index is 0. The van der Waals surface area contributed by atoms with E-state index >= 15 is 0 Å². The van der Waals surface area contributed by atoms with Crippen molar-refractivity contribution in [3.05, 3.63) is 0 Å². The zero-order chi connectivity index (χ0) is 14.8. The second-order valence-electron chi connectivity index (χ2n) is 5.20. The third-order valence-corrected chi connectivity index (χ3v) is 3.75. The van der Waals surface area contributed by atoms with Crippen molar-refractivity contribution in [3.63, 3.8) is 0 Å². The number of carbonyl (C=O) groups excluding carboxylic acids is 1. The predicted octanol–water partition coefficient (Wildman–Crippen LogP) is 2.36. The third kappa shape index (κ3) is 7.87. The maximum absolute atomic E-state index is 11.9. The molecule has 1 saturated carbocycles. The fourth-order valence-electron chi connectivity index (χ4n) is 2.58. The zero-order valence-corrected chi connectivity index (χ0v) is 16.0. The van der Waals surface area contributed by atoms with Crippen LogP contribution in [0, 0.1) is 0 Å². The number of guanidine groups is 1. The lowest BCUT2D eigenvalue weighted by molar-refractivity contribution is -0.130. The highest BCUT2D eigenvalue weighted by Crippen LogP contribution is 2.17. The van der Waals surface area contributed by atoms with Crippen LogP contribution in [-0.4, -0.2) is 49.0 Å². The molecule has 0 radical (unpaired) electrons. The third-order valence-electron chi connectivity index (χ3n) is 3.75. The fraction of sp³-hybridized carbons (Fsp3) is 0.867. The van der Waals surface area contributed by atoms with E-state index in [0.717, 1.165) is 25.6 Å². The van der Waals surface area contributed by atoms with Crippen molar-refractivity contribution in [3.8, 4) is 0 Å². The highest BCUT2D eigenvalue weighted by atomic mass is 127. The molecular weight excluding hydrogens is 379 g/mol. The zero-order valence-electron chi connectivity index (χ0n) is 13.7.